The molecule has 0 unspecified atom stereocenters. The van der Waals surface area contributed by atoms with Crippen molar-refractivity contribution < 1.29 is 9.53 Å². The first-order chi connectivity index (χ1) is 14.3. The molecule has 166 valence electrons. The van der Waals surface area contributed by atoms with Crippen LogP contribution >= 0.6 is 0 Å². The molecule has 2 aromatic rings. The molecule has 0 saturated heterocycles. The van der Waals surface area contributed by atoms with E-state index in [2.05, 4.69) is 102 Å². The summed E-state index contributed by atoms with van der Waals surface area (Å²) < 4.78 is 6.58. The van der Waals surface area contributed by atoms with E-state index in [-0.39, 0.29) is 10.6 Å². The molecular formula is C27H38O2Si2. The van der Waals surface area contributed by atoms with E-state index >= 15 is 0 Å². The van der Waals surface area contributed by atoms with Crippen LogP contribution in [0.2, 0.25) is 43.3 Å². The molecule has 1 aliphatic carbocycles. The number of carbonyl (C=O) groups is 1. The summed E-state index contributed by atoms with van der Waals surface area (Å²) in [6.07, 6.45) is 0. The number of hydrogen-bond donors (Lipinski definition) is 0. The van der Waals surface area contributed by atoms with Crippen LogP contribution in [0.3, 0.4) is 0 Å². The molecule has 3 rings (SSSR count). The minimum absolute atomic E-state index is 0.0442. The van der Waals surface area contributed by atoms with Crippen molar-refractivity contribution >= 4 is 27.5 Å². The van der Waals surface area contributed by atoms with E-state index in [0.717, 1.165) is 21.9 Å². The second kappa shape index (κ2) is 7.98. The van der Waals surface area contributed by atoms with Gasteiger partial charge in [0, 0.05) is 7.11 Å². The van der Waals surface area contributed by atoms with Gasteiger partial charge in [0.15, 0.2) is 5.78 Å². The smallest absolute Gasteiger partial charge is 0.159 e. The van der Waals surface area contributed by atoms with E-state index in [1.165, 1.54) is 0 Å². The van der Waals surface area contributed by atoms with Gasteiger partial charge in [0.1, 0.15) is 5.60 Å². The van der Waals surface area contributed by atoms with Gasteiger partial charge in [-0.25, -0.2) is 0 Å². The highest BCUT2D eigenvalue weighted by atomic mass is 28.3. The summed E-state index contributed by atoms with van der Waals surface area (Å²) >= 11 is 0. The summed E-state index contributed by atoms with van der Waals surface area (Å²) in [6, 6.07) is 20.9. The molecule has 0 N–H and O–H groups in total. The van der Waals surface area contributed by atoms with Crippen molar-refractivity contribution in [3.8, 4) is 0 Å². The molecule has 2 atom stereocenters. The van der Waals surface area contributed by atoms with Gasteiger partial charge >= 0.3 is 0 Å². The first kappa shape index (κ1) is 23.9. The normalized spacial score (nSPS) is 22.9. The highest BCUT2D eigenvalue weighted by Gasteiger charge is 2.63. The number of allylic oxidation sites excluding steroid dienone is 1. The number of Topliss-reactive ketones (excluding diaryl/α,β-unsaturated/α-hetero) is 1. The van der Waals surface area contributed by atoms with Crippen LogP contribution < -0.4 is 0 Å². The Morgan fingerprint density at radius 2 is 1.32 bits per heavy atom. The second-order valence-corrected chi connectivity index (χ2v) is 22.0. The molecule has 0 fully saturated rings. The largest absolute Gasteiger partial charge is 0.368 e. The van der Waals surface area contributed by atoms with Crippen LogP contribution in [0.5, 0.6) is 0 Å². The zero-order valence-corrected chi connectivity index (χ0v) is 22.7. The number of benzene rings is 2. The lowest BCUT2D eigenvalue weighted by Crippen LogP contribution is -2.47. The molecule has 0 spiro atoms. The molecule has 0 aliphatic heterocycles. The van der Waals surface area contributed by atoms with Crippen LogP contribution in [-0.4, -0.2) is 29.0 Å². The Bertz CT molecular complexity index is 979. The molecule has 0 heterocycles. The number of ketones is 1. The van der Waals surface area contributed by atoms with Gasteiger partial charge in [-0.05, 0) is 26.9 Å². The van der Waals surface area contributed by atoms with Gasteiger partial charge in [-0.2, -0.15) is 0 Å². The molecule has 0 amide bonds. The third-order valence-corrected chi connectivity index (χ3v) is 15.4. The molecule has 31 heavy (non-hydrogen) atoms. The Labute approximate surface area is 190 Å². The van der Waals surface area contributed by atoms with Crippen molar-refractivity contribution in [1.29, 1.82) is 0 Å². The molecule has 2 nitrogen and oxygen atoms in total. The highest BCUT2D eigenvalue weighted by molar-refractivity contribution is 6.94. The molecule has 0 saturated carbocycles. The van der Waals surface area contributed by atoms with Crippen molar-refractivity contribution in [2.24, 2.45) is 0 Å². The van der Waals surface area contributed by atoms with Crippen LogP contribution in [0.15, 0.2) is 65.9 Å². The number of carbonyl (C=O) groups excluding carboxylic acids is 1. The second-order valence-electron chi connectivity index (χ2n) is 11.5. The Morgan fingerprint density at radius 1 is 0.839 bits per heavy atom. The van der Waals surface area contributed by atoms with Crippen LogP contribution in [0, 0.1) is 0 Å². The van der Waals surface area contributed by atoms with Gasteiger partial charge in [0.05, 0.1) is 21.7 Å². The Kier molecular flexibility index (Phi) is 6.15. The standard InChI is InChI=1S/C27H38O2Si2/c1-26(2,3)31(8,9)24-22(20-16-12-10-13-17-20)27(29-4,21-18-14-11-15-19-21)25(23(24)28)30(5,6)7/h10-19,25H,1-9H3/t25-,27-/m1/s1. The van der Waals surface area contributed by atoms with Crippen molar-refractivity contribution in [3.63, 3.8) is 0 Å². The van der Waals surface area contributed by atoms with E-state index in [1.54, 1.807) is 7.11 Å². The number of methoxy groups -OCH3 is 1. The zero-order chi connectivity index (χ0) is 23.2. The van der Waals surface area contributed by atoms with Crippen LogP contribution in [0.25, 0.3) is 5.57 Å². The zero-order valence-electron chi connectivity index (χ0n) is 20.7. The highest BCUT2D eigenvalue weighted by Crippen LogP contribution is 2.62. The third-order valence-electron chi connectivity index (χ3n) is 7.49. The average molecular weight is 451 g/mol. The molecular weight excluding hydrogens is 412 g/mol. The fraction of sp³-hybridized carbons (Fsp3) is 0.444. The summed E-state index contributed by atoms with van der Waals surface area (Å²) in [5, 5.41) is 1.12. The van der Waals surface area contributed by atoms with Gasteiger partial charge in [-0.15, -0.1) is 0 Å². The van der Waals surface area contributed by atoms with E-state index < -0.39 is 21.7 Å². The number of hydrogen-bond acceptors (Lipinski definition) is 2. The fourth-order valence-electron chi connectivity index (χ4n) is 5.08. The van der Waals surface area contributed by atoms with E-state index in [9.17, 15) is 4.79 Å². The first-order valence-corrected chi connectivity index (χ1v) is 17.8. The summed E-state index contributed by atoms with van der Waals surface area (Å²) in [4.78, 5) is 14.5. The monoisotopic (exact) mass is 450 g/mol. The Hall–Kier alpha value is -1.76. The average Bonchev–Trinajstić information content (AvgIpc) is 2.98. The minimum atomic E-state index is -2.17. The van der Waals surface area contributed by atoms with Gasteiger partial charge in [0.25, 0.3) is 0 Å². The lowest BCUT2D eigenvalue weighted by molar-refractivity contribution is -0.117. The van der Waals surface area contributed by atoms with Crippen molar-refractivity contribution in [2.75, 3.05) is 7.11 Å². The Morgan fingerprint density at radius 3 is 1.74 bits per heavy atom. The van der Waals surface area contributed by atoms with E-state index in [1.807, 2.05) is 12.1 Å². The minimum Gasteiger partial charge on any atom is -0.368 e. The SMILES string of the molecule is CO[C@]1(c2ccccc2)C(c2ccccc2)=C([Si](C)(C)C(C)(C)C)C(=O)[C@H]1[Si](C)(C)C. The van der Waals surface area contributed by atoms with Gasteiger partial charge < -0.3 is 4.74 Å². The van der Waals surface area contributed by atoms with Crippen LogP contribution in [-0.2, 0) is 15.1 Å². The lowest BCUT2D eigenvalue weighted by atomic mass is 9.83. The van der Waals surface area contributed by atoms with E-state index in [4.69, 9.17) is 4.74 Å². The maximum Gasteiger partial charge on any atom is 0.159 e. The summed E-state index contributed by atoms with van der Waals surface area (Å²) in [5.41, 5.74) is 2.40. The number of rotatable bonds is 5. The third kappa shape index (κ3) is 3.73. The molecule has 0 aromatic heterocycles. The maximum absolute atomic E-state index is 14.5. The summed E-state index contributed by atoms with van der Waals surface area (Å²) in [7, 11) is -2.35. The topological polar surface area (TPSA) is 26.3 Å². The quantitative estimate of drug-likeness (QED) is 0.446. The molecule has 1 aliphatic rings. The predicted octanol–water partition coefficient (Wildman–Crippen LogP) is 7.32. The summed E-state index contributed by atoms with van der Waals surface area (Å²) in [6.45, 7) is 18.5. The Balaban J connectivity index is 2.54. The van der Waals surface area contributed by atoms with Crippen molar-refractivity contribution in [3.05, 3.63) is 77.0 Å². The fourth-order valence-corrected chi connectivity index (χ4v) is 10.3. The lowest BCUT2D eigenvalue weighted by Gasteiger charge is -2.42. The van der Waals surface area contributed by atoms with E-state index in [0.29, 0.717) is 5.78 Å². The first-order valence-electron chi connectivity index (χ1n) is 11.3. The molecule has 2 aromatic carbocycles. The van der Waals surface area contributed by atoms with Crippen molar-refractivity contribution in [2.45, 2.75) is 69.7 Å². The van der Waals surface area contributed by atoms with Gasteiger partial charge in [-0.3, -0.25) is 4.79 Å². The van der Waals surface area contributed by atoms with Gasteiger partial charge in [-0.1, -0.05) is 114 Å². The molecule has 0 radical (unpaired) electrons. The van der Waals surface area contributed by atoms with Crippen LogP contribution in [0.4, 0.5) is 0 Å². The maximum atomic E-state index is 14.5. The molecule has 4 heteroatoms. The predicted molar refractivity (Wildman–Crippen MR) is 138 cm³/mol. The summed E-state index contributed by atoms with van der Waals surface area (Å²) in [5.74, 6) is 0.329. The van der Waals surface area contributed by atoms with Crippen LogP contribution in [0.1, 0.15) is 31.9 Å². The number of ether oxygens (including phenoxy) is 1. The van der Waals surface area contributed by atoms with Crippen molar-refractivity contribution in [1.82, 2.24) is 0 Å². The van der Waals surface area contributed by atoms with Gasteiger partial charge in [0.2, 0.25) is 0 Å². The molecule has 0 bridgehead atoms.